The average molecular weight is 422 g/mol. The minimum absolute atomic E-state index is 0.0260. The molecular formula is C24H27N3O2S. The molecule has 1 aliphatic carbocycles. The highest BCUT2D eigenvalue weighted by atomic mass is 32.1. The molecule has 0 bridgehead atoms. The second-order valence-electron chi connectivity index (χ2n) is 8.30. The van der Waals surface area contributed by atoms with E-state index in [0.717, 1.165) is 55.9 Å². The molecular weight excluding hydrogens is 394 g/mol. The molecule has 6 heteroatoms. The lowest BCUT2D eigenvalue weighted by atomic mass is 9.97. The van der Waals surface area contributed by atoms with Crippen LogP contribution in [0.25, 0.3) is 11.3 Å². The van der Waals surface area contributed by atoms with E-state index >= 15 is 0 Å². The first-order chi connectivity index (χ1) is 14.7. The number of rotatable bonds is 5. The van der Waals surface area contributed by atoms with Crippen molar-refractivity contribution in [2.24, 2.45) is 5.92 Å². The Labute approximate surface area is 181 Å². The Kier molecular flexibility index (Phi) is 5.69. The van der Waals surface area contributed by atoms with Gasteiger partial charge in [-0.1, -0.05) is 0 Å². The van der Waals surface area contributed by atoms with Gasteiger partial charge in [-0.15, -0.1) is 11.3 Å². The predicted octanol–water partition coefficient (Wildman–Crippen LogP) is 5.13. The summed E-state index contributed by atoms with van der Waals surface area (Å²) < 4.78 is 5.43. The highest BCUT2D eigenvalue weighted by molar-refractivity contribution is 7.11. The van der Waals surface area contributed by atoms with E-state index in [1.165, 1.54) is 34.8 Å². The van der Waals surface area contributed by atoms with Crippen molar-refractivity contribution >= 4 is 22.9 Å². The molecule has 3 aromatic rings. The van der Waals surface area contributed by atoms with Gasteiger partial charge in [-0.25, -0.2) is 4.98 Å². The Balaban J connectivity index is 1.18. The largest absolute Gasteiger partial charge is 0.464 e. The van der Waals surface area contributed by atoms with E-state index in [1.807, 2.05) is 47.7 Å². The number of aryl methyl sites for hydroxylation is 2. The highest BCUT2D eigenvalue weighted by Crippen LogP contribution is 2.29. The summed E-state index contributed by atoms with van der Waals surface area (Å²) in [7, 11) is 0. The summed E-state index contributed by atoms with van der Waals surface area (Å²) in [5, 5.41) is 4.32. The fraction of sp³-hybridized carbons (Fsp3) is 0.417. The maximum atomic E-state index is 12.9. The molecule has 5 nitrogen and oxygen atoms in total. The fourth-order valence-electron chi connectivity index (χ4n) is 4.48. The number of anilines is 1. The van der Waals surface area contributed by atoms with Crippen LogP contribution in [-0.2, 0) is 24.2 Å². The van der Waals surface area contributed by atoms with Gasteiger partial charge in [-0.3, -0.25) is 9.69 Å². The molecule has 2 aliphatic rings. The molecule has 0 spiro atoms. The van der Waals surface area contributed by atoms with Crippen LogP contribution in [0.3, 0.4) is 0 Å². The normalized spacial score (nSPS) is 19.4. The van der Waals surface area contributed by atoms with Crippen LogP contribution in [0.5, 0.6) is 0 Å². The van der Waals surface area contributed by atoms with Crippen molar-refractivity contribution < 1.29 is 9.21 Å². The first-order valence-corrected chi connectivity index (χ1v) is 11.7. The summed E-state index contributed by atoms with van der Waals surface area (Å²) in [6.07, 6.45) is 8.56. The first-order valence-electron chi connectivity index (χ1n) is 10.9. The van der Waals surface area contributed by atoms with Gasteiger partial charge in [0.25, 0.3) is 0 Å². The summed E-state index contributed by atoms with van der Waals surface area (Å²) >= 11 is 1.88. The monoisotopic (exact) mass is 421 g/mol. The number of thiazole rings is 1. The van der Waals surface area contributed by atoms with Crippen molar-refractivity contribution in [1.82, 2.24) is 9.88 Å². The van der Waals surface area contributed by atoms with Gasteiger partial charge in [0, 0.05) is 22.7 Å². The second-order valence-corrected chi connectivity index (χ2v) is 9.47. The lowest BCUT2D eigenvalue weighted by Gasteiger charge is -2.31. The Hall–Kier alpha value is -2.44. The van der Waals surface area contributed by atoms with E-state index < -0.39 is 0 Å². The van der Waals surface area contributed by atoms with Crippen molar-refractivity contribution in [2.45, 2.75) is 45.1 Å². The maximum absolute atomic E-state index is 12.9. The minimum atomic E-state index is 0.0260. The molecule has 0 radical (unpaired) electrons. The van der Waals surface area contributed by atoms with Crippen LogP contribution in [-0.4, -0.2) is 28.9 Å². The third-order valence-electron chi connectivity index (χ3n) is 6.08. The Morgan fingerprint density at radius 2 is 2.03 bits per heavy atom. The number of carbonyl (C=O) groups is 1. The standard InChI is InChI=1S/C24H27N3O2S/c28-24(25-19-11-9-17(10-12-19)21-7-4-14-29-21)18-5-3-13-27(15-18)16-23-26-20-6-1-2-8-22(20)30-23/h4,7,9-12,14,18H,1-3,5-6,8,13,15-16H2,(H,25,28)/t18-/m1/s1. The first kappa shape index (κ1) is 19.5. The number of amides is 1. The molecule has 156 valence electrons. The van der Waals surface area contributed by atoms with E-state index in [-0.39, 0.29) is 11.8 Å². The molecule has 0 saturated carbocycles. The number of piperidine rings is 1. The second kappa shape index (κ2) is 8.74. The number of carbonyl (C=O) groups excluding carboxylic acids is 1. The van der Waals surface area contributed by atoms with Gasteiger partial charge < -0.3 is 9.73 Å². The van der Waals surface area contributed by atoms with Gasteiger partial charge in [0.2, 0.25) is 5.91 Å². The number of fused-ring (bicyclic) bond motifs is 1. The zero-order valence-corrected chi connectivity index (χ0v) is 17.9. The van der Waals surface area contributed by atoms with E-state index in [2.05, 4.69) is 10.2 Å². The van der Waals surface area contributed by atoms with Crippen LogP contribution < -0.4 is 5.32 Å². The van der Waals surface area contributed by atoms with Crippen molar-refractivity contribution in [3.63, 3.8) is 0 Å². The van der Waals surface area contributed by atoms with Gasteiger partial charge in [0.15, 0.2) is 0 Å². The Morgan fingerprint density at radius 1 is 1.17 bits per heavy atom. The maximum Gasteiger partial charge on any atom is 0.228 e. The lowest BCUT2D eigenvalue weighted by Crippen LogP contribution is -2.40. The van der Waals surface area contributed by atoms with Crippen LogP contribution in [0.15, 0.2) is 47.1 Å². The van der Waals surface area contributed by atoms with Crippen molar-refractivity contribution in [1.29, 1.82) is 0 Å². The summed E-state index contributed by atoms with van der Waals surface area (Å²) in [5.41, 5.74) is 3.17. The van der Waals surface area contributed by atoms with Crippen molar-refractivity contribution in [2.75, 3.05) is 18.4 Å². The highest BCUT2D eigenvalue weighted by Gasteiger charge is 2.27. The minimum Gasteiger partial charge on any atom is -0.464 e. The van der Waals surface area contributed by atoms with Crippen LogP contribution in [0.1, 0.15) is 41.3 Å². The summed E-state index contributed by atoms with van der Waals surface area (Å²) in [4.78, 5) is 21.6. The molecule has 1 N–H and O–H groups in total. The van der Waals surface area contributed by atoms with Crippen LogP contribution in [0.4, 0.5) is 5.69 Å². The molecule has 1 atom stereocenters. The number of benzene rings is 1. The summed E-state index contributed by atoms with van der Waals surface area (Å²) in [6.45, 7) is 2.73. The molecule has 1 aromatic carbocycles. The van der Waals surface area contributed by atoms with Crippen molar-refractivity contribution in [3.05, 3.63) is 58.2 Å². The SMILES string of the molecule is O=C(Nc1ccc(-c2ccco2)cc1)[C@@H]1CCCN(Cc2nc3c(s2)CCCC3)C1. The van der Waals surface area contributed by atoms with Gasteiger partial charge in [-0.2, -0.15) is 0 Å². The van der Waals surface area contributed by atoms with Gasteiger partial charge in [0.1, 0.15) is 10.8 Å². The number of likely N-dealkylation sites (tertiary alicyclic amines) is 1. The molecule has 1 fully saturated rings. The molecule has 1 aliphatic heterocycles. The zero-order valence-electron chi connectivity index (χ0n) is 17.1. The van der Waals surface area contributed by atoms with Gasteiger partial charge >= 0.3 is 0 Å². The van der Waals surface area contributed by atoms with E-state index in [4.69, 9.17) is 9.40 Å². The number of furan rings is 1. The molecule has 0 unspecified atom stereocenters. The molecule has 1 amide bonds. The van der Waals surface area contributed by atoms with Gasteiger partial charge in [-0.05, 0) is 81.5 Å². The zero-order chi connectivity index (χ0) is 20.3. The van der Waals surface area contributed by atoms with Crippen LogP contribution >= 0.6 is 11.3 Å². The van der Waals surface area contributed by atoms with E-state index in [1.54, 1.807) is 6.26 Å². The number of hydrogen-bond donors (Lipinski definition) is 1. The smallest absolute Gasteiger partial charge is 0.228 e. The lowest BCUT2D eigenvalue weighted by molar-refractivity contribution is -0.121. The van der Waals surface area contributed by atoms with Gasteiger partial charge in [0.05, 0.1) is 24.4 Å². The predicted molar refractivity (Wildman–Crippen MR) is 120 cm³/mol. The third kappa shape index (κ3) is 4.35. The fourth-order valence-corrected chi connectivity index (χ4v) is 5.68. The molecule has 3 heterocycles. The molecule has 1 saturated heterocycles. The molecule has 5 rings (SSSR count). The summed E-state index contributed by atoms with van der Waals surface area (Å²) in [5.74, 6) is 0.974. The topological polar surface area (TPSA) is 58.4 Å². The average Bonchev–Trinajstić information content (AvgIpc) is 3.44. The Morgan fingerprint density at radius 3 is 2.83 bits per heavy atom. The van der Waals surface area contributed by atoms with E-state index in [9.17, 15) is 4.79 Å². The number of nitrogens with zero attached hydrogens (tertiary/aromatic N) is 2. The number of hydrogen-bond acceptors (Lipinski definition) is 5. The van der Waals surface area contributed by atoms with E-state index in [0.29, 0.717) is 0 Å². The van der Waals surface area contributed by atoms with Crippen LogP contribution in [0.2, 0.25) is 0 Å². The number of nitrogens with one attached hydrogen (secondary N) is 1. The third-order valence-corrected chi connectivity index (χ3v) is 7.23. The molecule has 2 aromatic heterocycles. The molecule has 30 heavy (non-hydrogen) atoms. The quantitative estimate of drug-likeness (QED) is 0.620. The number of aromatic nitrogens is 1. The van der Waals surface area contributed by atoms with Crippen molar-refractivity contribution in [3.8, 4) is 11.3 Å². The van der Waals surface area contributed by atoms with Crippen LogP contribution in [0, 0.1) is 5.92 Å². The Bertz CT molecular complexity index is 971. The summed E-state index contributed by atoms with van der Waals surface area (Å²) in [6, 6.07) is 11.6.